The van der Waals surface area contributed by atoms with Gasteiger partial charge in [-0.15, -0.1) is 11.3 Å². The molecule has 1 aliphatic carbocycles. The van der Waals surface area contributed by atoms with E-state index in [-0.39, 0.29) is 16.3 Å². The van der Waals surface area contributed by atoms with Crippen molar-refractivity contribution in [3.05, 3.63) is 26.5 Å². The molecule has 0 saturated carbocycles. The molecule has 0 bridgehead atoms. The van der Waals surface area contributed by atoms with Crippen LogP contribution < -0.4 is 5.56 Å². The Morgan fingerprint density at radius 2 is 2.00 bits per heavy atom. The number of amides is 2. The minimum atomic E-state index is -1.58. The van der Waals surface area contributed by atoms with E-state index < -0.39 is 40.9 Å². The lowest BCUT2D eigenvalue weighted by Gasteiger charge is -2.18. The zero-order chi connectivity index (χ0) is 18.5. The predicted molar refractivity (Wildman–Crippen MR) is 84.3 cm³/mol. The second-order valence-corrected chi connectivity index (χ2v) is 6.69. The van der Waals surface area contributed by atoms with Crippen molar-refractivity contribution in [1.82, 2.24) is 14.3 Å². The van der Waals surface area contributed by atoms with E-state index in [1.807, 2.05) is 0 Å². The largest absolute Gasteiger partial charge is 0.492 e. The number of nitrogens with zero attached hydrogens (tertiary/aromatic N) is 3. The lowest BCUT2D eigenvalue weighted by Crippen LogP contribution is -2.37. The lowest BCUT2D eigenvalue weighted by molar-refractivity contribution is -0.142. The zero-order valence-electron chi connectivity index (χ0n) is 12.9. The molecule has 0 fully saturated rings. The summed E-state index contributed by atoms with van der Waals surface area (Å²) in [6, 6.07) is 0. The van der Waals surface area contributed by atoms with Gasteiger partial charge in [0, 0.05) is 17.6 Å². The summed E-state index contributed by atoms with van der Waals surface area (Å²) in [5.41, 5.74) is -1.06. The fourth-order valence-corrected chi connectivity index (χ4v) is 4.02. The number of fused-ring (bicyclic) bond motifs is 3. The number of rotatable bonds is 2. The molecule has 1 aliphatic rings. The molecule has 2 aromatic rings. The third-order valence-electron chi connectivity index (χ3n) is 4.16. The Morgan fingerprint density at radius 3 is 2.60 bits per heavy atom. The molecule has 2 heterocycles. The van der Waals surface area contributed by atoms with Gasteiger partial charge in [-0.2, -0.15) is 4.98 Å². The molecule has 0 spiro atoms. The highest BCUT2D eigenvalue weighted by Crippen LogP contribution is 2.32. The number of carbonyl (C=O) groups excluding carboxylic acids is 1. The van der Waals surface area contributed by atoms with Crippen LogP contribution in [0.5, 0.6) is 5.88 Å². The van der Waals surface area contributed by atoms with Crippen LogP contribution in [0.15, 0.2) is 4.79 Å². The van der Waals surface area contributed by atoms with Crippen molar-refractivity contribution in [1.29, 1.82) is 0 Å². The number of hydrogen-bond acceptors (Lipinski definition) is 7. The SMILES string of the molecule is CN(C(=O)O)C(=O)c1c(O)nc2sc3c(n2c1=O)CCC(C(=O)O)C3. The number of aromatic nitrogens is 2. The van der Waals surface area contributed by atoms with Gasteiger partial charge in [-0.25, -0.2) is 9.69 Å². The molecule has 3 N–H and O–H groups in total. The smallest absolute Gasteiger partial charge is 0.414 e. The van der Waals surface area contributed by atoms with Gasteiger partial charge < -0.3 is 15.3 Å². The summed E-state index contributed by atoms with van der Waals surface area (Å²) in [5.74, 6) is -3.53. The van der Waals surface area contributed by atoms with E-state index in [1.54, 1.807) is 0 Å². The fourth-order valence-electron chi connectivity index (χ4n) is 2.79. The molecule has 2 aromatic heterocycles. The van der Waals surface area contributed by atoms with Gasteiger partial charge in [-0.05, 0) is 19.3 Å². The van der Waals surface area contributed by atoms with E-state index >= 15 is 0 Å². The summed E-state index contributed by atoms with van der Waals surface area (Å²) < 4.78 is 1.15. The Morgan fingerprint density at radius 1 is 1.32 bits per heavy atom. The number of hydrogen-bond donors (Lipinski definition) is 3. The predicted octanol–water partition coefficient (Wildman–Crippen LogP) is 0.401. The first-order chi connectivity index (χ1) is 11.7. The zero-order valence-corrected chi connectivity index (χ0v) is 13.7. The van der Waals surface area contributed by atoms with Gasteiger partial charge >= 0.3 is 12.1 Å². The van der Waals surface area contributed by atoms with Gasteiger partial charge in [0.25, 0.3) is 11.5 Å². The van der Waals surface area contributed by atoms with Crippen LogP contribution in [0.4, 0.5) is 4.79 Å². The molecule has 10 nitrogen and oxygen atoms in total. The van der Waals surface area contributed by atoms with Crippen molar-refractivity contribution in [3.8, 4) is 5.88 Å². The second kappa shape index (κ2) is 5.84. The maximum atomic E-state index is 12.7. The minimum Gasteiger partial charge on any atom is -0.492 e. The Bertz CT molecular complexity index is 977. The molecule has 11 heteroatoms. The number of aromatic hydroxyl groups is 1. The lowest BCUT2D eigenvalue weighted by atomic mass is 9.91. The number of aryl methyl sites for hydroxylation is 1. The van der Waals surface area contributed by atoms with Crippen molar-refractivity contribution < 1.29 is 29.7 Å². The maximum Gasteiger partial charge on any atom is 0.414 e. The highest BCUT2D eigenvalue weighted by atomic mass is 32.1. The highest BCUT2D eigenvalue weighted by molar-refractivity contribution is 7.17. The summed E-state index contributed by atoms with van der Waals surface area (Å²) in [4.78, 5) is 51.8. The van der Waals surface area contributed by atoms with Crippen molar-refractivity contribution >= 4 is 34.3 Å². The number of thiazole rings is 1. The molecule has 3 rings (SSSR count). The first-order valence-corrected chi connectivity index (χ1v) is 8.04. The van der Waals surface area contributed by atoms with Crippen LogP contribution in [0.3, 0.4) is 0 Å². The van der Waals surface area contributed by atoms with Gasteiger partial charge in [0.15, 0.2) is 10.5 Å². The molecule has 25 heavy (non-hydrogen) atoms. The van der Waals surface area contributed by atoms with Crippen LogP contribution in [0.1, 0.15) is 27.3 Å². The second-order valence-electron chi connectivity index (χ2n) is 5.63. The van der Waals surface area contributed by atoms with Crippen LogP contribution in [-0.4, -0.2) is 54.6 Å². The average Bonchev–Trinajstić information content (AvgIpc) is 2.90. The fraction of sp³-hybridized carbons (Fsp3) is 0.357. The molecule has 0 saturated heterocycles. The highest BCUT2D eigenvalue weighted by Gasteiger charge is 2.32. The molecule has 1 unspecified atom stereocenters. The molecular weight excluding hydrogens is 354 g/mol. The first-order valence-electron chi connectivity index (χ1n) is 7.22. The van der Waals surface area contributed by atoms with E-state index in [9.17, 15) is 24.3 Å². The third-order valence-corrected chi connectivity index (χ3v) is 5.26. The standard InChI is InChI=1S/C14H13N3O7S/c1-16(14(23)24)10(19)8-9(18)15-13-17(11(8)20)6-3-2-5(12(21)22)4-7(6)25-13/h5,18H,2-4H2,1H3,(H,21,22)(H,23,24). The number of imide groups is 1. The van der Waals surface area contributed by atoms with Gasteiger partial charge in [0.2, 0.25) is 5.88 Å². The molecular formula is C14H13N3O7S. The van der Waals surface area contributed by atoms with E-state index in [0.717, 1.165) is 22.8 Å². The summed E-state index contributed by atoms with van der Waals surface area (Å²) in [6.07, 6.45) is -0.705. The molecule has 2 amide bonds. The maximum absolute atomic E-state index is 12.7. The average molecular weight is 367 g/mol. The van der Waals surface area contributed by atoms with Gasteiger partial charge in [-0.1, -0.05) is 0 Å². The number of carboxylic acid groups (broad SMARTS) is 2. The molecule has 0 aliphatic heterocycles. The molecule has 0 radical (unpaired) electrons. The molecule has 132 valence electrons. The van der Waals surface area contributed by atoms with Crippen molar-refractivity contribution in [2.45, 2.75) is 19.3 Å². The Hall–Kier alpha value is -2.95. The van der Waals surface area contributed by atoms with E-state index in [1.165, 1.54) is 0 Å². The van der Waals surface area contributed by atoms with Crippen LogP contribution >= 0.6 is 11.3 Å². The van der Waals surface area contributed by atoms with Gasteiger partial charge in [-0.3, -0.25) is 18.8 Å². The number of carboxylic acids is 1. The van der Waals surface area contributed by atoms with E-state index in [2.05, 4.69) is 4.98 Å². The monoisotopic (exact) mass is 367 g/mol. The number of aliphatic carboxylic acids is 1. The van der Waals surface area contributed by atoms with Crippen molar-refractivity contribution in [2.75, 3.05) is 7.05 Å². The van der Waals surface area contributed by atoms with Crippen LogP contribution in [0, 0.1) is 5.92 Å². The third kappa shape index (κ3) is 2.61. The van der Waals surface area contributed by atoms with Gasteiger partial charge in [0.1, 0.15) is 0 Å². The normalized spacial score (nSPS) is 16.4. The quantitative estimate of drug-likeness (QED) is 0.690. The Labute approximate surface area is 143 Å². The van der Waals surface area contributed by atoms with Crippen molar-refractivity contribution in [3.63, 3.8) is 0 Å². The van der Waals surface area contributed by atoms with Crippen LogP contribution in [0.25, 0.3) is 4.96 Å². The summed E-state index contributed by atoms with van der Waals surface area (Å²) in [7, 11) is 0.957. The summed E-state index contributed by atoms with van der Waals surface area (Å²) >= 11 is 1.07. The summed E-state index contributed by atoms with van der Waals surface area (Å²) in [5, 5.41) is 28.0. The molecule has 1 atom stereocenters. The van der Waals surface area contributed by atoms with Crippen molar-refractivity contribution in [2.24, 2.45) is 5.92 Å². The van der Waals surface area contributed by atoms with Crippen LogP contribution in [0.2, 0.25) is 0 Å². The summed E-state index contributed by atoms with van der Waals surface area (Å²) in [6.45, 7) is 0. The molecule has 0 aromatic carbocycles. The van der Waals surface area contributed by atoms with Crippen LogP contribution in [-0.2, 0) is 17.6 Å². The van der Waals surface area contributed by atoms with E-state index in [4.69, 9.17) is 10.2 Å². The Kier molecular flexibility index (Phi) is 3.95. The first kappa shape index (κ1) is 16.9. The topological polar surface area (TPSA) is 150 Å². The minimum absolute atomic E-state index is 0.132. The van der Waals surface area contributed by atoms with E-state index in [0.29, 0.717) is 23.4 Å². The number of carbonyl (C=O) groups is 3. The Balaban J connectivity index is 2.18. The van der Waals surface area contributed by atoms with Gasteiger partial charge in [0.05, 0.1) is 5.92 Å².